The Kier molecular flexibility index (Phi) is 6.60. The van der Waals surface area contributed by atoms with E-state index < -0.39 is 23.8 Å². The van der Waals surface area contributed by atoms with E-state index in [1.165, 1.54) is 14.2 Å². The van der Waals surface area contributed by atoms with Crippen molar-refractivity contribution in [3.8, 4) is 0 Å². The van der Waals surface area contributed by atoms with Crippen molar-refractivity contribution in [2.45, 2.75) is 19.3 Å². The highest BCUT2D eigenvalue weighted by molar-refractivity contribution is 6.06. The summed E-state index contributed by atoms with van der Waals surface area (Å²) in [5.74, 6) is -2.94. The van der Waals surface area contributed by atoms with Crippen molar-refractivity contribution >= 4 is 23.3 Å². The molecule has 29 heavy (non-hydrogen) atoms. The van der Waals surface area contributed by atoms with Crippen molar-refractivity contribution in [1.82, 2.24) is 0 Å². The molecule has 1 aliphatic carbocycles. The number of carbonyl (C=O) groups excluding carboxylic acids is 3. The Morgan fingerprint density at radius 1 is 0.897 bits per heavy atom. The molecule has 0 spiro atoms. The fourth-order valence-electron chi connectivity index (χ4n) is 3.89. The second-order valence-electron chi connectivity index (χ2n) is 7.10. The van der Waals surface area contributed by atoms with Crippen LogP contribution in [0.15, 0.2) is 66.2 Å². The zero-order valence-electron chi connectivity index (χ0n) is 16.6. The number of esters is 2. The first-order chi connectivity index (χ1) is 14.0. The van der Waals surface area contributed by atoms with Crippen LogP contribution in [-0.4, -0.2) is 31.9 Å². The molecule has 1 aliphatic rings. The van der Waals surface area contributed by atoms with Crippen LogP contribution >= 0.6 is 0 Å². The van der Waals surface area contributed by atoms with Crippen LogP contribution in [-0.2, 0) is 30.3 Å². The summed E-state index contributed by atoms with van der Waals surface area (Å²) in [6, 6.07) is 19.7. The number of ketones is 1. The van der Waals surface area contributed by atoms with Gasteiger partial charge < -0.3 is 9.47 Å². The molecule has 5 nitrogen and oxygen atoms in total. The number of methoxy groups -OCH3 is 2. The van der Waals surface area contributed by atoms with E-state index in [2.05, 4.69) is 0 Å². The minimum Gasteiger partial charge on any atom is -0.468 e. The summed E-state index contributed by atoms with van der Waals surface area (Å²) >= 11 is 0. The Bertz CT molecular complexity index is 899. The van der Waals surface area contributed by atoms with Gasteiger partial charge in [0.15, 0.2) is 11.7 Å². The maximum absolute atomic E-state index is 13.0. The first-order valence-corrected chi connectivity index (χ1v) is 9.55. The average molecular weight is 392 g/mol. The topological polar surface area (TPSA) is 69.7 Å². The third kappa shape index (κ3) is 4.62. The smallest absolute Gasteiger partial charge is 0.320 e. The Balaban J connectivity index is 2.01. The average Bonchev–Trinajstić information content (AvgIpc) is 3.13. The van der Waals surface area contributed by atoms with E-state index in [9.17, 15) is 14.4 Å². The number of allylic oxidation sites excluding steroid dienone is 2. The van der Waals surface area contributed by atoms with Gasteiger partial charge in [-0.25, -0.2) is 0 Å². The molecular weight excluding hydrogens is 368 g/mol. The van der Waals surface area contributed by atoms with Gasteiger partial charge in [-0.2, -0.15) is 0 Å². The van der Waals surface area contributed by atoms with Gasteiger partial charge >= 0.3 is 11.9 Å². The van der Waals surface area contributed by atoms with Crippen molar-refractivity contribution in [1.29, 1.82) is 0 Å². The first-order valence-electron chi connectivity index (χ1n) is 9.55. The molecule has 0 aromatic heterocycles. The molecule has 1 fully saturated rings. The lowest BCUT2D eigenvalue weighted by Gasteiger charge is -2.18. The lowest BCUT2D eigenvalue weighted by atomic mass is 9.88. The summed E-state index contributed by atoms with van der Waals surface area (Å²) in [4.78, 5) is 37.3. The molecule has 0 bridgehead atoms. The van der Waals surface area contributed by atoms with Crippen molar-refractivity contribution in [3.63, 3.8) is 0 Å². The number of hydrogen-bond donors (Lipinski definition) is 0. The molecule has 5 heteroatoms. The molecule has 0 heterocycles. The zero-order valence-corrected chi connectivity index (χ0v) is 16.6. The summed E-state index contributed by atoms with van der Waals surface area (Å²) in [5.41, 5.74) is 3.65. The highest BCUT2D eigenvalue weighted by Crippen LogP contribution is 2.39. The van der Waals surface area contributed by atoms with Gasteiger partial charge in [0.1, 0.15) is 0 Å². The van der Waals surface area contributed by atoms with Gasteiger partial charge in [0.2, 0.25) is 0 Å². The highest BCUT2D eigenvalue weighted by Gasteiger charge is 2.43. The molecule has 1 unspecified atom stereocenters. The van der Waals surface area contributed by atoms with Gasteiger partial charge in [0, 0.05) is 6.42 Å². The number of carbonyl (C=O) groups is 3. The zero-order chi connectivity index (χ0) is 20.8. The summed E-state index contributed by atoms with van der Waals surface area (Å²) in [5, 5.41) is 0. The van der Waals surface area contributed by atoms with Crippen LogP contribution in [0.4, 0.5) is 0 Å². The van der Waals surface area contributed by atoms with Crippen LogP contribution in [0.1, 0.15) is 24.0 Å². The van der Waals surface area contributed by atoms with Crippen LogP contribution in [0, 0.1) is 11.8 Å². The fourth-order valence-corrected chi connectivity index (χ4v) is 3.89. The van der Waals surface area contributed by atoms with E-state index in [1.54, 1.807) is 0 Å². The van der Waals surface area contributed by atoms with Gasteiger partial charge in [-0.3, -0.25) is 14.4 Å². The van der Waals surface area contributed by atoms with Crippen LogP contribution in [0.25, 0.3) is 5.57 Å². The summed E-state index contributed by atoms with van der Waals surface area (Å²) in [6.07, 6.45) is 1.06. The standard InChI is InChI=1S/C24H24O5/c1-28-23(26)22(24(27)29-2)18-14-20(21(25)15-18)19(17-11-7-4-8-12-17)13-16-9-5-3-6-10-16/h3-12,18,22H,13-15H2,1-2H3/b20-19+. The van der Waals surface area contributed by atoms with Gasteiger partial charge in [-0.05, 0) is 41.0 Å². The van der Waals surface area contributed by atoms with E-state index in [1.807, 2.05) is 60.7 Å². The molecule has 2 aromatic carbocycles. The van der Waals surface area contributed by atoms with Crippen LogP contribution in [0.5, 0.6) is 0 Å². The SMILES string of the molecule is COC(=O)C(C(=O)OC)C1CC(=O)/C(=C(\Cc2ccccc2)c2ccccc2)C1. The van der Waals surface area contributed by atoms with E-state index in [4.69, 9.17) is 9.47 Å². The van der Waals surface area contributed by atoms with Crippen LogP contribution < -0.4 is 0 Å². The number of rotatable bonds is 6. The van der Waals surface area contributed by atoms with Gasteiger partial charge in [-0.15, -0.1) is 0 Å². The molecule has 3 rings (SSSR count). The van der Waals surface area contributed by atoms with Crippen molar-refractivity contribution in [3.05, 3.63) is 77.4 Å². The number of hydrogen-bond acceptors (Lipinski definition) is 5. The van der Waals surface area contributed by atoms with Gasteiger partial charge in [0.05, 0.1) is 14.2 Å². The molecule has 2 aromatic rings. The minimum absolute atomic E-state index is 0.0393. The maximum Gasteiger partial charge on any atom is 0.320 e. The lowest BCUT2D eigenvalue weighted by Crippen LogP contribution is -2.32. The highest BCUT2D eigenvalue weighted by atomic mass is 16.5. The van der Waals surface area contributed by atoms with Crippen molar-refractivity contribution in [2.75, 3.05) is 14.2 Å². The second-order valence-corrected chi connectivity index (χ2v) is 7.10. The molecule has 1 saturated carbocycles. The fraction of sp³-hybridized carbons (Fsp3) is 0.292. The number of Topliss-reactive ketones (excluding diaryl/α,β-unsaturated/α-hetero) is 1. The van der Waals surface area contributed by atoms with E-state index >= 15 is 0 Å². The third-order valence-electron chi connectivity index (χ3n) is 5.34. The van der Waals surface area contributed by atoms with E-state index in [0.29, 0.717) is 18.4 Å². The van der Waals surface area contributed by atoms with E-state index in [0.717, 1.165) is 16.7 Å². The largest absolute Gasteiger partial charge is 0.468 e. The molecule has 1 atom stereocenters. The third-order valence-corrected chi connectivity index (χ3v) is 5.34. The molecule has 0 radical (unpaired) electrons. The Hall–Kier alpha value is -3.21. The van der Waals surface area contributed by atoms with E-state index in [-0.39, 0.29) is 12.2 Å². The molecule has 150 valence electrons. The normalized spacial score (nSPS) is 17.9. The second kappa shape index (κ2) is 9.32. The Morgan fingerprint density at radius 2 is 1.45 bits per heavy atom. The van der Waals surface area contributed by atoms with Crippen molar-refractivity contribution < 1.29 is 23.9 Å². The summed E-state index contributed by atoms with van der Waals surface area (Å²) < 4.78 is 9.58. The van der Waals surface area contributed by atoms with Crippen LogP contribution in [0.2, 0.25) is 0 Å². The molecular formula is C24H24O5. The first kappa shape index (κ1) is 20.5. The molecule has 0 aliphatic heterocycles. The quantitative estimate of drug-likeness (QED) is 0.427. The number of ether oxygens (including phenoxy) is 2. The van der Waals surface area contributed by atoms with Crippen LogP contribution in [0.3, 0.4) is 0 Å². The summed E-state index contributed by atoms with van der Waals surface area (Å²) in [6.45, 7) is 0. The Morgan fingerprint density at radius 3 is 2.00 bits per heavy atom. The molecule has 0 amide bonds. The molecule has 0 saturated heterocycles. The Labute approximate surface area is 170 Å². The number of benzene rings is 2. The predicted molar refractivity (Wildman–Crippen MR) is 109 cm³/mol. The monoisotopic (exact) mass is 392 g/mol. The van der Waals surface area contributed by atoms with Gasteiger partial charge in [0.25, 0.3) is 0 Å². The van der Waals surface area contributed by atoms with Crippen molar-refractivity contribution in [2.24, 2.45) is 11.8 Å². The lowest BCUT2D eigenvalue weighted by molar-refractivity contribution is -0.161. The predicted octanol–water partition coefficient (Wildman–Crippen LogP) is 3.62. The van der Waals surface area contributed by atoms with Gasteiger partial charge in [-0.1, -0.05) is 60.7 Å². The summed E-state index contributed by atoms with van der Waals surface area (Å²) in [7, 11) is 2.47. The minimum atomic E-state index is -1.10. The maximum atomic E-state index is 13.0. The molecule has 0 N–H and O–H groups in total.